The minimum atomic E-state index is -3.97. The molecule has 3 aromatic rings. The number of hydrogen-bond donors (Lipinski definition) is 0. The van der Waals surface area contributed by atoms with Gasteiger partial charge in [-0.1, -0.05) is 29.4 Å². The Balaban J connectivity index is 2.05. The van der Waals surface area contributed by atoms with Gasteiger partial charge in [0.25, 0.3) is 10.0 Å². The van der Waals surface area contributed by atoms with Gasteiger partial charge in [-0.05, 0) is 31.4 Å². The van der Waals surface area contributed by atoms with Crippen LogP contribution < -0.4 is 4.31 Å². The van der Waals surface area contributed by atoms with Crippen LogP contribution >= 0.6 is 11.3 Å². The Labute approximate surface area is 168 Å². The summed E-state index contributed by atoms with van der Waals surface area (Å²) in [5, 5.41) is 5.81. The summed E-state index contributed by atoms with van der Waals surface area (Å²) in [4.78, 5) is 1.05. The van der Waals surface area contributed by atoms with E-state index in [0.717, 1.165) is 9.18 Å². The summed E-state index contributed by atoms with van der Waals surface area (Å²) in [6.45, 7) is 3.93. The molecular formula is C19H22N2O5S2. The summed E-state index contributed by atoms with van der Waals surface area (Å²) in [5.41, 5.74) is 1.90. The highest BCUT2D eigenvalue weighted by Gasteiger charge is 2.32. The maximum absolute atomic E-state index is 13.6. The number of rotatable bonds is 9. The van der Waals surface area contributed by atoms with Crippen molar-refractivity contribution in [3.63, 3.8) is 0 Å². The molecule has 0 radical (unpaired) electrons. The zero-order valence-electron chi connectivity index (χ0n) is 15.9. The molecule has 0 unspecified atom stereocenters. The zero-order valence-corrected chi connectivity index (χ0v) is 17.5. The third-order valence-corrected chi connectivity index (χ3v) is 6.91. The van der Waals surface area contributed by atoms with Crippen LogP contribution in [0.1, 0.15) is 11.3 Å². The summed E-state index contributed by atoms with van der Waals surface area (Å²) in [5.74, 6) is 0.149. The van der Waals surface area contributed by atoms with E-state index in [9.17, 15) is 8.42 Å². The monoisotopic (exact) mass is 422 g/mol. The van der Waals surface area contributed by atoms with Crippen molar-refractivity contribution >= 4 is 27.2 Å². The minimum Gasteiger partial charge on any atom is -0.382 e. The predicted molar refractivity (Wildman–Crippen MR) is 108 cm³/mol. The molecule has 0 fully saturated rings. The lowest BCUT2D eigenvalue weighted by molar-refractivity contribution is 0.0744. The van der Waals surface area contributed by atoms with Crippen LogP contribution in [-0.4, -0.2) is 40.6 Å². The average molecular weight is 423 g/mol. The summed E-state index contributed by atoms with van der Waals surface area (Å²) in [7, 11) is -2.41. The first-order chi connectivity index (χ1) is 13.5. The van der Waals surface area contributed by atoms with Crippen molar-refractivity contribution in [2.24, 2.45) is 0 Å². The molecule has 0 bridgehead atoms. The fourth-order valence-corrected chi connectivity index (χ4v) is 4.98. The van der Waals surface area contributed by atoms with E-state index in [0.29, 0.717) is 23.4 Å². The van der Waals surface area contributed by atoms with Crippen LogP contribution in [0.3, 0.4) is 0 Å². The molecular weight excluding hydrogens is 400 g/mol. The standard InChI is InChI=1S/C19H22N2O5S2/c1-14-15(2)20-26-19(14)21(13-25-11-10-24-3)28(22,23)18-9-5-4-7-16(18)17-8-6-12-27-17/h4-9,12H,10-11,13H2,1-3H3. The number of aromatic nitrogens is 1. The summed E-state index contributed by atoms with van der Waals surface area (Å²) >= 11 is 1.48. The molecule has 2 aromatic heterocycles. The Hall–Kier alpha value is -2.20. The molecule has 0 saturated carbocycles. The minimum absolute atomic E-state index is 0.149. The summed E-state index contributed by atoms with van der Waals surface area (Å²) < 4.78 is 44.2. The third-order valence-electron chi connectivity index (χ3n) is 4.24. The molecule has 0 atom stereocenters. The largest absolute Gasteiger partial charge is 0.382 e. The summed E-state index contributed by atoms with van der Waals surface area (Å²) in [6, 6.07) is 10.7. The van der Waals surface area contributed by atoms with Crippen molar-refractivity contribution in [3.8, 4) is 10.4 Å². The highest BCUT2D eigenvalue weighted by Crippen LogP contribution is 2.35. The molecule has 0 spiro atoms. The fraction of sp³-hybridized carbons (Fsp3) is 0.316. The van der Waals surface area contributed by atoms with Gasteiger partial charge in [-0.15, -0.1) is 11.3 Å². The molecule has 0 aliphatic carbocycles. The number of ether oxygens (including phenoxy) is 2. The molecule has 150 valence electrons. The van der Waals surface area contributed by atoms with Crippen LogP contribution in [0.4, 0.5) is 5.88 Å². The molecule has 9 heteroatoms. The summed E-state index contributed by atoms with van der Waals surface area (Å²) in [6.07, 6.45) is 0. The first kappa shape index (κ1) is 20.5. The van der Waals surface area contributed by atoms with Crippen LogP contribution in [-0.2, 0) is 19.5 Å². The van der Waals surface area contributed by atoms with Gasteiger partial charge in [-0.2, -0.15) is 0 Å². The number of aryl methyl sites for hydroxylation is 1. The van der Waals surface area contributed by atoms with E-state index in [4.69, 9.17) is 14.0 Å². The van der Waals surface area contributed by atoms with Crippen molar-refractivity contribution in [2.45, 2.75) is 18.7 Å². The molecule has 0 aliphatic rings. The molecule has 0 N–H and O–H groups in total. The predicted octanol–water partition coefficient (Wildman–Crippen LogP) is 3.84. The van der Waals surface area contributed by atoms with E-state index in [-0.39, 0.29) is 24.1 Å². The number of benzene rings is 1. The zero-order chi connectivity index (χ0) is 20.1. The second kappa shape index (κ2) is 8.87. The third kappa shape index (κ3) is 4.12. The van der Waals surface area contributed by atoms with Gasteiger partial charge in [0.05, 0.1) is 23.8 Å². The van der Waals surface area contributed by atoms with Gasteiger partial charge in [0.15, 0.2) is 0 Å². The van der Waals surface area contributed by atoms with Crippen molar-refractivity contribution in [2.75, 3.05) is 31.4 Å². The number of sulfonamides is 1. The molecule has 2 heterocycles. The SMILES string of the molecule is COCCOCN(c1onc(C)c1C)S(=O)(=O)c1ccccc1-c1cccs1. The maximum Gasteiger partial charge on any atom is 0.269 e. The molecule has 0 amide bonds. The van der Waals surface area contributed by atoms with Crippen LogP contribution in [0.25, 0.3) is 10.4 Å². The number of thiophene rings is 1. The highest BCUT2D eigenvalue weighted by atomic mass is 32.2. The maximum atomic E-state index is 13.6. The Morgan fingerprint density at radius 3 is 2.57 bits per heavy atom. The van der Waals surface area contributed by atoms with Crippen molar-refractivity contribution < 1.29 is 22.4 Å². The van der Waals surface area contributed by atoms with Gasteiger partial charge in [0, 0.05) is 23.1 Å². The molecule has 28 heavy (non-hydrogen) atoms. The van der Waals surface area contributed by atoms with E-state index in [1.54, 1.807) is 39.2 Å². The Bertz CT molecular complexity index is 1010. The van der Waals surface area contributed by atoms with E-state index in [1.165, 1.54) is 11.3 Å². The Morgan fingerprint density at radius 2 is 1.93 bits per heavy atom. The molecule has 3 rings (SSSR count). The smallest absolute Gasteiger partial charge is 0.269 e. The van der Waals surface area contributed by atoms with Gasteiger partial charge in [0.1, 0.15) is 6.73 Å². The second-order valence-electron chi connectivity index (χ2n) is 6.06. The quantitative estimate of drug-likeness (QED) is 0.385. The van der Waals surface area contributed by atoms with E-state index in [2.05, 4.69) is 5.16 Å². The van der Waals surface area contributed by atoms with E-state index < -0.39 is 10.0 Å². The molecule has 7 nitrogen and oxygen atoms in total. The number of hydrogen-bond acceptors (Lipinski definition) is 7. The highest BCUT2D eigenvalue weighted by molar-refractivity contribution is 7.93. The van der Waals surface area contributed by atoms with Gasteiger partial charge < -0.3 is 14.0 Å². The Kier molecular flexibility index (Phi) is 6.50. The number of methoxy groups -OCH3 is 1. The topological polar surface area (TPSA) is 81.9 Å². The lowest BCUT2D eigenvalue weighted by Gasteiger charge is -2.23. The van der Waals surface area contributed by atoms with E-state index in [1.807, 2.05) is 23.6 Å². The van der Waals surface area contributed by atoms with Crippen molar-refractivity contribution in [3.05, 3.63) is 53.0 Å². The van der Waals surface area contributed by atoms with Gasteiger partial charge in [-0.25, -0.2) is 12.7 Å². The second-order valence-corrected chi connectivity index (χ2v) is 8.83. The van der Waals surface area contributed by atoms with Gasteiger partial charge in [0.2, 0.25) is 5.88 Å². The van der Waals surface area contributed by atoms with Crippen LogP contribution in [0.5, 0.6) is 0 Å². The first-order valence-electron chi connectivity index (χ1n) is 8.62. The molecule has 1 aromatic carbocycles. The van der Waals surface area contributed by atoms with Crippen molar-refractivity contribution in [1.29, 1.82) is 0 Å². The Morgan fingerprint density at radius 1 is 1.14 bits per heavy atom. The fourth-order valence-electron chi connectivity index (χ4n) is 2.61. The molecule has 0 aliphatic heterocycles. The van der Waals surface area contributed by atoms with Gasteiger partial charge in [-0.3, -0.25) is 0 Å². The lowest BCUT2D eigenvalue weighted by Crippen LogP contribution is -2.34. The number of anilines is 1. The lowest BCUT2D eigenvalue weighted by atomic mass is 10.2. The van der Waals surface area contributed by atoms with E-state index >= 15 is 0 Å². The van der Waals surface area contributed by atoms with Gasteiger partial charge >= 0.3 is 0 Å². The average Bonchev–Trinajstić information content (AvgIpc) is 3.33. The molecule has 0 saturated heterocycles. The van der Waals surface area contributed by atoms with Crippen LogP contribution in [0.15, 0.2) is 51.2 Å². The first-order valence-corrected chi connectivity index (χ1v) is 10.9. The van der Waals surface area contributed by atoms with Crippen LogP contribution in [0.2, 0.25) is 0 Å². The van der Waals surface area contributed by atoms with Crippen molar-refractivity contribution in [1.82, 2.24) is 5.16 Å². The van der Waals surface area contributed by atoms with Crippen LogP contribution in [0, 0.1) is 13.8 Å². The normalized spacial score (nSPS) is 11.7. The number of nitrogens with zero attached hydrogens (tertiary/aromatic N) is 2.